The normalized spacial score (nSPS) is 9.06. The summed E-state index contributed by atoms with van der Waals surface area (Å²) in [4.78, 5) is 20.6. The summed E-state index contributed by atoms with van der Waals surface area (Å²) >= 11 is 0. The van der Waals surface area contributed by atoms with Gasteiger partial charge in [0.1, 0.15) is 0 Å². The lowest BCUT2D eigenvalue weighted by Gasteiger charge is -1.97. The molecule has 7 heteroatoms. The maximum absolute atomic E-state index is 8.95. The number of unbranched alkanes of at least 4 members (excludes halogenated alkanes) is 7. The molecule has 0 bridgehead atoms. The topological polar surface area (TPSA) is 95.5 Å². The average molecular weight is 250 g/mol. The zero-order chi connectivity index (χ0) is 13.5. The average Bonchev–Trinajstić information content (AvgIpc) is 2.22. The van der Waals surface area contributed by atoms with Crippen LogP contribution in [0.15, 0.2) is 0 Å². The molecule has 0 radical (unpaired) electrons. The molecule has 0 aliphatic rings. The Hall–Kier alpha value is -1.40. The highest BCUT2D eigenvalue weighted by atomic mass is 17.1. The van der Waals surface area contributed by atoms with Crippen molar-refractivity contribution in [2.45, 2.75) is 65.2 Å². The molecule has 0 aliphatic carbocycles. The van der Waals surface area contributed by atoms with Crippen molar-refractivity contribution in [3.63, 3.8) is 0 Å². The second-order valence-electron chi connectivity index (χ2n) is 3.65. The van der Waals surface area contributed by atoms with Crippen LogP contribution in [0.4, 0.5) is 0 Å². The van der Waals surface area contributed by atoms with E-state index in [9.17, 15) is 0 Å². The molecule has 0 spiro atoms. The van der Waals surface area contributed by atoms with Crippen LogP contribution in [0.1, 0.15) is 65.2 Å². The van der Waals surface area contributed by atoms with Gasteiger partial charge < -0.3 is 0 Å². The predicted octanol–water partition coefficient (Wildman–Crippen LogP) is 3.53. The predicted molar refractivity (Wildman–Crippen MR) is 63.4 cm³/mol. The van der Waals surface area contributed by atoms with E-state index in [4.69, 9.17) is 20.2 Å². The lowest BCUT2D eigenvalue weighted by molar-refractivity contribution is -1.03. The summed E-state index contributed by atoms with van der Waals surface area (Å²) in [7, 11) is 0. The smallest absolute Gasteiger partial charge is 0.105 e. The van der Waals surface area contributed by atoms with E-state index in [1.807, 2.05) is 0 Å². The van der Waals surface area contributed by atoms with Crippen LogP contribution in [0.5, 0.6) is 0 Å². The van der Waals surface area contributed by atoms with E-state index in [-0.39, 0.29) is 0 Å². The van der Waals surface area contributed by atoms with Crippen molar-refractivity contribution in [1.29, 1.82) is 0 Å². The molecular formula is C10H22N2O5. The number of nitrogens with zero attached hydrogens (tertiary/aromatic N) is 2. The molecular weight excluding hydrogens is 228 g/mol. The van der Waals surface area contributed by atoms with Crippen LogP contribution in [0.2, 0.25) is 0 Å². The van der Waals surface area contributed by atoms with Crippen LogP contribution in [0.25, 0.3) is 0 Å². The minimum Gasteiger partial charge on any atom is -0.105 e. The van der Waals surface area contributed by atoms with Gasteiger partial charge in [0, 0.05) is 4.94 Å². The zero-order valence-corrected chi connectivity index (χ0v) is 10.6. The summed E-state index contributed by atoms with van der Waals surface area (Å²) in [5, 5.41) is 14.9. The minimum atomic E-state index is -1.50. The van der Waals surface area contributed by atoms with E-state index in [0.29, 0.717) is 0 Å². The van der Waals surface area contributed by atoms with Gasteiger partial charge in [-0.3, -0.25) is 0 Å². The van der Waals surface area contributed by atoms with Crippen LogP contribution in [0.3, 0.4) is 0 Å². The van der Waals surface area contributed by atoms with Crippen LogP contribution >= 0.6 is 0 Å². The highest BCUT2D eigenvalue weighted by molar-refractivity contribution is 4.43. The van der Waals surface area contributed by atoms with E-state index in [1.54, 1.807) is 0 Å². The molecule has 0 rings (SSSR count). The fourth-order valence-corrected chi connectivity index (χ4v) is 1.26. The van der Waals surface area contributed by atoms with Crippen molar-refractivity contribution >= 4 is 0 Å². The quantitative estimate of drug-likeness (QED) is 0.354. The minimum absolute atomic E-state index is 1.37. The lowest BCUT2D eigenvalue weighted by Crippen LogP contribution is -2.06. The Morgan fingerprint density at radius 2 is 1.06 bits per heavy atom. The third-order valence-electron chi connectivity index (χ3n) is 2.09. The highest BCUT2D eigenvalue weighted by Gasteiger charge is 2.05. The largest absolute Gasteiger partial charge is 0.356 e. The molecule has 0 atom stereocenters. The maximum atomic E-state index is 8.95. The fraction of sp³-hybridized carbons (Fsp3) is 1.00. The Balaban J connectivity index is 0. The molecule has 0 saturated carbocycles. The Morgan fingerprint density at radius 1 is 0.765 bits per heavy atom. The Bertz CT molecular complexity index is 179. The summed E-state index contributed by atoms with van der Waals surface area (Å²) < 4.78 is 0. The Kier molecular flexibility index (Phi) is 15.4. The molecule has 102 valence electrons. The van der Waals surface area contributed by atoms with Crippen LogP contribution in [-0.4, -0.2) is 10.2 Å². The van der Waals surface area contributed by atoms with Gasteiger partial charge in [-0.25, -0.2) is 0 Å². The van der Waals surface area contributed by atoms with Crippen molar-refractivity contribution in [3.8, 4) is 0 Å². The zero-order valence-electron chi connectivity index (χ0n) is 10.6. The summed E-state index contributed by atoms with van der Waals surface area (Å²) in [6.07, 6.45) is 11.5. The molecule has 0 unspecified atom stereocenters. The van der Waals surface area contributed by atoms with Crippen LogP contribution in [-0.2, 0) is 4.94 Å². The van der Waals surface area contributed by atoms with Gasteiger partial charge in [-0.15, -0.1) is 20.2 Å². The SMILES string of the molecule is CCCCCCCCCC.O=[N+]([O-])O[N+](=O)[O-]. The molecule has 0 saturated heterocycles. The number of rotatable bonds is 9. The third-order valence-corrected chi connectivity index (χ3v) is 2.09. The maximum Gasteiger partial charge on any atom is 0.356 e. The van der Waals surface area contributed by atoms with Crippen molar-refractivity contribution in [1.82, 2.24) is 0 Å². The van der Waals surface area contributed by atoms with Gasteiger partial charge in [0.2, 0.25) is 0 Å². The molecule has 0 heterocycles. The van der Waals surface area contributed by atoms with E-state index in [2.05, 4.69) is 18.8 Å². The van der Waals surface area contributed by atoms with E-state index < -0.39 is 10.2 Å². The van der Waals surface area contributed by atoms with Gasteiger partial charge in [-0.05, 0) is 0 Å². The van der Waals surface area contributed by atoms with Crippen LogP contribution in [0, 0.1) is 20.2 Å². The number of hydrogen-bond donors (Lipinski definition) is 0. The summed E-state index contributed by atoms with van der Waals surface area (Å²) in [5.41, 5.74) is 0. The Morgan fingerprint density at radius 3 is 1.24 bits per heavy atom. The molecule has 0 aromatic heterocycles. The summed E-state index contributed by atoms with van der Waals surface area (Å²) in [6.45, 7) is 4.54. The van der Waals surface area contributed by atoms with Crippen LogP contribution < -0.4 is 0 Å². The van der Waals surface area contributed by atoms with Gasteiger partial charge in [-0.1, -0.05) is 65.2 Å². The van der Waals surface area contributed by atoms with E-state index >= 15 is 0 Å². The van der Waals surface area contributed by atoms with Gasteiger partial charge in [0.25, 0.3) is 0 Å². The standard InChI is InChI=1S/C10H22.N2O5/c1-3-5-7-9-10-8-6-4-2;3-1(4)7-2(5)6/h3-10H2,1-2H3;. The van der Waals surface area contributed by atoms with Crippen molar-refractivity contribution < 1.29 is 15.1 Å². The molecule has 0 aromatic rings. The molecule has 0 amide bonds. The highest BCUT2D eigenvalue weighted by Crippen LogP contribution is 2.07. The lowest BCUT2D eigenvalue weighted by atomic mass is 10.1. The first-order chi connectivity index (χ1) is 8.04. The molecule has 0 fully saturated rings. The molecule has 17 heavy (non-hydrogen) atoms. The Labute approximate surface area is 101 Å². The summed E-state index contributed by atoms with van der Waals surface area (Å²) in [6, 6.07) is 0. The first kappa shape index (κ1) is 18.0. The fourth-order valence-electron chi connectivity index (χ4n) is 1.26. The van der Waals surface area contributed by atoms with E-state index in [0.717, 1.165) is 0 Å². The molecule has 0 aromatic carbocycles. The summed E-state index contributed by atoms with van der Waals surface area (Å²) in [5.74, 6) is 0. The van der Waals surface area contributed by atoms with Gasteiger partial charge >= 0.3 is 10.2 Å². The van der Waals surface area contributed by atoms with Gasteiger partial charge in [0.05, 0.1) is 0 Å². The van der Waals surface area contributed by atoms with Gasteiger partial charge in [-0.2, -0.15) is 0 Å². The number of hydrogen-bond acceptors (Lipinski definition) is 5. The van der Waals surface area contributed by atoms with E-state index in [1.165, 1.54) is 51.4 Å². The van der Waals surface area contributed by atoms with Crippen molar-refractivity contribution in [3.05, 3.63) is 20.2 Å². The molecule has 0 N–H and O–H groups in total. The van der Waals surface area contributed by atoms with Crippen molar-refractivity contribution in [2.75, 3.05) is 0 Å². The molecule has 0 aliphatic heterocycles. The third kappa shape index (κ3) is 25.2. The second kappa shape index (κ2) is 14.6. The first-order valence-electron chi connectivity index (χ1n) is 6.01. The molecule has 7 nitrogen and oxygen atoms in total. The first-order valence-corrected chi connectivity index (χ1v) is 6.01. The second-order valence-corrected chi connectivity index (χ2v) is 3.65. The monoisotopic (exact) mass is 250 g/mol. The van der Waals surface area contributed by atoms with Crippen molar-refractivity contribution in [2.24, 2.45) is 0 Å². The van der Waals surface area contributed by atoms with Gasteiger partial charge in [0.15, 0.2) is 0 Å².